The number of amides is 1. The van der Waals surface area contributed by atoms with Crippen molar-refractivity contribution in [1.29, 1.82) is 0 Å². The van der Waals surface area contributed by atoms with Crippen molar-refractivity contribution in [2.75, 3.05) is 6.54 Å². The zero-order chi connectivity index (χ0) is 27.0. The van der Waals surface area contributed by atoms with Crippen molar-refractivity contribution in [1.82, 2.24) is 19.4 Å². The Balaban J connectivity index is 1.68. The fourth-order valence-corrected chi connectivity index (χ4v) is 4.48. The molecule has 0 fully saturated rings. The average molecular weight is 524 g/mol. The summed E-state index contributed by atoms with van der Waals surface area (Å²) >= 11 is 0. The molecule has 1 atom stereocenters. The molecule has 0 spiro atoms. The molecule has 12 heteroatoms. The Morgan fingerprint density at radius 3 is 2.24 bits per heavy atom. The molecular weight excluding hydrogens is 502 g/mol. The number of aromatic nitrogens is 3. The van der Waals surface area contributed by atoms with E-state index in [1.807, 2.05) is 30.3 Å². The Morgan fingerprint density at radius 1 is 1.00 bits per heavy atom. The van der Waals surface area contributed by atoms with Crippen LogP contribution in [0.1, 0.15) is 40.8 Å². The van der Waals surface area contributed by atoms with Crippen molar-refractivity contribution >= 4 is 5.91 Å². The third-order valence-electron chi connectivity index (χ3n) is 6.31. The van der Waals surface area contributed by atoms with Gasteiger partial charge in [0.2, 0.25) is 5.91 Å². The smallest absolute Gasteiger partial charge is 0.336 e. The van der Waals surface area contributed by atoms with Crippen LogP contribution in [-0.4, -0.2) is 44.2 Å². The Hall–Kier alpha value is -3.70. The van der Waals surface area contributed by atoms with E-state index in [0.717, 1.165) is 10.5 Å². The van der Waals surface area contributed by atoms with Crippen LogP contribution in [0.5, 0.6) is 0 Å². The molecule has 1 aliphatic heterocycles. The quantitative estimate of drug-likeness (QED) is 0.458. The predicted octanol–water partition coefficient (Wildman–Crippen LogP) is 4.60. The molecule has 1 amide bonds. The summed E-state index contributed by atoms with van der Waals surface area (Å²) in [5.41, 5.74) is 1.36. The predicted molar refractivity (Wildman–Crippen MR) is 120 cm³/mol. The first-order valence-corrected chi connectivity index (χ1v) is 11.4. The molecule has 0 saturated heterocycles. The normalized spacial score (nSPS) is 15.0. The van der Waals surface area contributed by atoms with Crippen molar-refractivity contribution in [3.63, 3.8) is 0 Å². The second-order valence-electron chi connectivity index (χ2n) is 8.73. The molecule has 1 aromatic carbocycles. The number of hydrogen-bond acceptors (Lipinski definition) is 4. The van der Waals surface area contributed by atoms with Crippen LogP contribution in [0.4, 0.5) is 26.3 Å². The van der Waals surface area contributed by atoms with Gasteiger partial charge in [0.15, 0.2) is 5.92 Å². The summed E-state index contributed by atoms with van der Waals surface area (Å²) < 4.78 is 79.1. The minimum atomic E-state index is -5.61. The van der Waals surface area contributed by atoms with E-state index < -0.39 is 42.2 Å². The van der Waals surface area contributed by atoms with E-state index >= 15 is 0 Å². The summed E-state index contributed by atoms with van der Waals surface area (Å²) in [6.45, 7) is 1.02. The molecule has 0 bridgehead atoms. The van der Waals surface area contributed by atoms with Crippen molar-refractivity contribution in [3.8, 4) is 0 Å². The number of pyridine rings is 1. The number of halogens is 6. The summed E-state index contributed by atoms with van der Waals surface area (Å²) in [6.07, 6.45) is -11.4. The van der Waals surface area contributed by atoms with E-state index in [0.29, 0.717) is 5.69 Å². The van der Waals surface area contributed by atoms with Gasteiger partial charge in [0.25, 0.3) is 5.56 Å². The first-order chi connectivity index (χ1) is 17.4. The number of rotatable bonds is 5. The van der Waals surface area contributed by atoms with Gasteiger partial charge >= 0.3 is 12.4 Å². The number of fused-ring (bicyclic) bond motifs is 1. The van der Waals surface area contributed by atoms with Gasteiger partial charge in [-0.15, -0.1) is 0 Å². The van der Waals surface area contributed by atoms with Gasteiger partial charge in [-0.2, -0.15) is 26.3 Å². The molecule has 1 aliphatic rings. The molecule has 0 N–H and O–H groups in total. The lowest BCUT2D eigenvalue weighted by molar-refractivity contribution is -0.284. The topological polar surface area (TPSA) is 68.1 Å². The van der Waals surface area contributed by atoms with E-state index in [9.17, 15) is 35.9 Å². The highest BCUT2D eigenvalue weighted by molar-refractivity contribution is 5.77. The van der Waals surface area contributed by atoms with Crippen molar-refractivity contribution < 1.29 is 31.1 Å². The van der Waals surface area contributed by atoms with Gasteiger partial charge in [-0.1, -0.05) is 36.4 Å². The minimum absolute atomic E-state index is 0.0559. The molecule has 3 heterocycles. The van der Waals surface area contributed by atoms with Gasteiger partial charge in [-0.3, -0.25) is 19.1 Å². The fourth-order valence-electron chi connectivity index (χ4n) is 4.48. The summed E-state index contributed by atoms with van der Waals surface area (Å²) in [5.74, 6) is -4.80. The second-order valence-corrected chi connectivity index (χ2v) is 8.73. The zero-order valence-corrected chi connectivity index (χ0v) is 19.6. The van der Waals surface area contributed by atoms with Crippen molar-refractivity contribution in [2.45, 2.75) is 44.7 Å². The Morgan fingerprint density at radius 2 is 1.65 bits per heavy atom. The lowest BCUT2D eigenvalue weighted by atomic mass is 9.99. The third-order valence-corrected chi connectivity index (χ3v) is 6.31. The van der Waals surface area contributed by atoms with Crippen molar-refractivity contribution in [3.05, 3.63) is 93.4 Å². The van der Waals surface area contributed by atoms with Crippen LogP contribution >= 0.6 is 0 Å². The molecule has 3 aromatic rings. The molecule has 37 heavy (non-hydrogen) atoms. The monoisotopic (exact) mass is 524 g/mol. The highest BCUT2D eigenvalue weighted by Crippen LogP contribution is 2.41. The number of alkyl halides is 6. The van der Waals surface area contributed by atoms with Crippen LogP contribution in [-0.2, 0) is 17.8 Å². The molecule has 0 aliphatic carbocycles. The zero-order valence-electron chi connectivity index (χ0n) is 19.6. The fraction of sp³-hybridized carbons (Fsp3) is 0.360. The van der Waals surface area contributed by atoms with Crippen LogP contribution in [0, 0.1) is 12.8 Å². The average Bonchev–Trinajstić information content (AvgIpc) is 2.84. The van der Waals surface area contributed by atoms with E-state index in [1.54, 1.807) is 31.3 Å². The van der Waals surface area contributed by atoms with Gasteiger partial charge in [0, 0.05) is 24.7 Å². The number of benzene rings is 1. The molecule has 0 saturated carbocycles. The number of carbonyl (C=O) groups is 1. The maximum atomic E-state index is 13.6. The van der Waals surface area contributed by atoms with Gasteiger partial charge in [-0.05, 0) is 31.0 Å². The van der Waals surface area contributed by atoms with E-state index in [4.69, 9.17) is 0 Å². The SMILES string of the molecule is Cc1nc2c(c(=O)n1C(c1ccccc1)c1ccccn1)CCN(C(=O)CC(C(F)(F)F)C(F)(F)F)C2. The molecule has 2 aromatic heterocycles. The molecule has 1 unspecified atom stereocenters. The van der Waals surface area contributed by atoms with Gasteiger partial charge in [0.1, 0.15) is 11.9 Å². The lowest BCUT2D eigenvalue weighted by Crippen LogP contribution is -2.45. The van der Waals surface area contributed by atoms with E-state index in [2.05, 4.69) is 9.97 Å². The Labute approximate surface area is 207 Å². The van der Waals surface area contributed by atoms with Gasteiger partial charge in [-0.25, -0.2) is 4.98 Å². The van der Waals surface area contributed by atoms with Crippen LogP contribution in [0.25, 0.3) is 0 Å². The second kappa shape index (κ2) is 9.98. The van der Waals surface area contributed by atoms with E-state index in [1.165, 1.54) is 4.57 Å². The van der Waals surface area contributed by atoms with Crippen LogP contribution < -0.4 is 5.56 Å². The number of carbonyl (C=O) groups excluding carboxylic acids is 1. The van der Waals surface area contributed by atoms with Crippen LogP contribution in [0.3, 0.4) is 0 Å². The third kappa shape index (κ3) is 5.52. The maximum absolute atomic E-state index is 13.6. The number of hydrogen-bond donors (Lipinski definition) is 0. The highest BCUT2D eigenvalue weighted by atomic mass is 19.4. The largest absolute Gasteiger partial charge is 0.400 e. The standard InChI is InChI=1S/C25H22F6N4O2/c1-15-33-19-14-34(21(36)13-20(24(26,27)28)25(29,30)31)12-10-17(19)23(37)35(15)22(16-7-3-2-4-8-16)18-9-5-6-11-32-18/h2-9,11,20,22H,10,12-14H2,1H3. The summed E-state index contributed by atoms with van der Waals surface area (Å²) in [4.78, 5) is 35.8. The molecule has 196 valence electrons. The summed E-state index contributed by atoms with van der Waals surface area (Å²) in [6, 6.07) is 13.8. The minimum Gasteiger partial charge on any atom is -0.336 e. The Bertz CT molecular complexity index is 1270. The van der Waals surface area contributed by atoms with Gasteiger partial charge in [0.05, 0.1) is 17.9 Å². The molecule has 0 radical (unpaired) electrons. The molecule has 4 rings (SSSR count). The lowest BCUT2D eigenvalue weighted by Gasteiger charge is -2.31. The summed E-state index contributed by atoms with van der Waals surface area (Å²) in [5, 5.41) is 0. The van der Waals surface area contributed by atoms with Crippen LogP contribution in [0.15, 0.2) is 59.5 Å². The molecular formula is C25H22F6N4O2. The summed E-state index contributed by atoms with van der Waals surface area (Å²) in [7, 11) is 0. The maximum Gasteiger partial charge on any atom is 0.400 e. The highest BCUT2D eigenvalue weighted by Gasteiger charge is 2.57. The Kier molecular flexibility index (Phi) is 7.11. The van der Waals surface area contributed by atoms with Gasteiger partial charge < -0.3 is 4.90 Å². The number of nitrogens with zero attached hydrogens (tertiary/aromatic N) is 4. The van der Waals surface area contributed by atoms with E-state index in [-0.39, 0.29) is 36.6 Å². The van der Waals surface area contributed by atoms with Crippen LogP contribution in [0.2, 0.25) is 0 Å². The first-order valence-electron chi connectivity index (χ1n) is 11.4. The number of aryl methyl sites for hydroxylation is 1. The van der Waals surface area contributed by atoms with Crippen molar-refractivity contribution in [2.24, 2.45) is 5.92 Å². The first kappa shape index (κ1) is 26.4. The molecule has 6 nitrogen and oxygen atoms in total.